The van der Waals surface area contributed by atoms with Crippen LogP contribution in [0.25, 0.3) is 0 Å². The first-order valence-electron chi connectivity index (χ1n) is 4.96. The van der Waals surface area contributed by atoms with Gasteiger partial charge in [0.15, 0.2) is 0 Å². The van der Waals surface area contributed by atoms with Gasteiger partial charge in [-0.15, -0.1) is 0 Å². The molecule has 13 heavy (non-hydrogen) atoms. The normalized spacial score (nSPS) is 10.7. The molecule has 0 unspecified atom stereocenters. The van der Waals surface area contributed by atoms with E-state index in [2.05, 4.69) is 58.1 Å². The minimum absolute atomic E-state index is 1.17. The maximum Gasteiger partial charge on any atom is 0.317 e. The summed E-state index contributed by atoms with van der Waals surface area (Å²) in [6.07, 6.45) is 9.61. The Hall–Kier alpha value is -0.0600. The van der Waals surface area contributed by atoms with Crippen LogP contribution in [0, 0.1) is 3.83 Å². The Morgan fingerprint density at radius 2 is 2.15 bits per heavy atom. The molecular weight excluding hydrogens is 275 g/mol. The summed E-state index contributed by atoms with van der Waals surface area (Å²) in [6, 6.07) is 0. The third kappa shape index (κ3) is 3.29. The van der Waals surface area contributed by atoms with Crippen LogP contribution in [0.4, 0.5) is 0 Å². The second kappa shape index (κ2) is 5.62. The fraction of sp³-hybridized carbons (Fsp3) is 0.700. The summed E-state index contributed by atoms with van der Waals surface area (Å²) in [6.45, 7) is 3.42. The summed E-state index contributed by atoms with van der Waals surface area (Å²) >= 11 is 2.39. The van der Waals surface area contributed by atoms with Crippen LogP contribution in [-0.2, 0) is 13.6 Å². The summed E-state index contributed by atoms with van der Waals surface area (Å²) in [7, 11) is 2.09. The first-order chi connectivity index (χ1) is 6.25. The second-order valence-corrected chi connectivity index (χ2v) is 4.40. The number of halogens is 1. The highest BCUT2D eigenvalue weighted by Crippen LogP contribution is 2.04. The van der Waals surface area contributed by atoms with Crippen molar-refractivity contribution >= 4 is 22.6 Å². The zero-order valence-electron chi connectivity index (χ0n) is 8.46. The molecule has 0 N–H and O–H groups in total. The van der Waals surface area contributed by atoms with Gasteiger partial charge in [0.25, 0.3) is 0 Å². The summed E-state index contributed by atoms with van der Waals surface area (Å²) in [4.78, 5) is 0. The van der Waals surface area contributed by atoms with Gasteiger partial charge in [-0.05, 0) is 12.8 Å². The van der Waals surface area contributed by atoms with E-state index in [0.29, 0.717) is 0 Å². The molecule has 0 radical (unpaired) electrons. The van der Waals surface area contributed by atoms with Crippen molar-refractivity contribution < 1.29 is 4.57 Å². The highest BCUT2D eigenvalue weighted by atomic mass is 127. The Kier molecular flexibility index (Phi) is 4.77. The molecule has 0 spiro atoms. The van der Waals surface area contributed by atoms with Gasteiger partial charge in [-0.1, -0.05) is 19.8 Å². The number of rotatable bonds is 5. The molecule has 3 heteroatoms. The van der Waals surface area contributed by atoms with E-state index < -0.39 is 0 Å². The predicted molar refractivity (Wildman–Crippen MR) is 62.5 cm³/mol. The predicted octanol–water partition coefficient (Wildman–Crippen LogP) is 2.50. The summed E-state index contributed by atoms with van der Waals surface area (Å²) in [5.74, 6) is 0. The highest BCUT2D eigenvalue weighted by Gasteiger charge is 2.08. The first kappa shape index (κ1) is 11.0. The molecule has 0 aliphatic heterocycles. The van der Waals surface area contributed by atoms with Crippen molar-refractivity contribution in [3.05, 3.63) is 16.2 Å². The van der Waals surface area contributed by atoms with E-state index in [1.807, 2.05) is 0 Å². The van der Waals surface area contributed by atoms with Crippen molar-refractivity contribution in [1.82, 2.24) is 4.57 Å². The topological polar surface area (TPSA) is 8.81 Å². The number of aryl methyl sites for hydroxylation is 2. The minimum Gasteiger partial charge on any atom is -0.228 e. The van der Waals surface area contributed by atoms with Gasteiger partial charge in [0, 0.05) is 0 Å². The van der Waals surface area contributed by atoms with Crippen molar-refractivity contribution in [1.29, 1.82) is 0 Å². The van der Waals surface area contributed by atoms with Gasteiger partial charge in [0.05, 0.1) is 36.2 Å². The molecule has 1 heterocycles. The molecule has 0 amide bonds. The summed E-state index contributed by atoms with van der Waals surface area (Å²) in [5.41, 5.74) is 0. The molecule has 0 atom stereocenters. The average Bonchev–Trinajstić information content (AvgIpc) is 2.43. The number of hydrogen-bond donors (Lipinski definition) is 0. The van der Waals surface area contributed by atoms with Gasteiger partial charge in [-0.2, -0.15) is 0 Å². The van der Waals surface area contributed by atoms with Crippen LogP contribution in [0.1, 0.15) is 32.6 Å². The molecule has 1 aromatic heterocycles. The number of unbranched alkanes of at least 4 members (excludes halogenated alkanes) is 3. The minimum atomic E-state index is 1.17. The van der Waals surface area contributed by atoms with Crippen LogP contribution in [-0.4, -0.2) is 4.57 Å². The Balaban J connectivity index is 2.32. The van der Waals surface area contributed by atoms with Crippen molar-refractivity contribution in [2.45, 2.75) is 39.2 Å². The lowest BCUT2D eigenvalue weighted by molar-refractivity contribution is -0.684. The lowest BCUT2D eigenvalue weighted by Crippen LogP contribution is -2.30. The smallest absolute Gasteiger partial charge is 0.228 e. The fourth-order valence-corrected chi connectivity index (χ4v) is 1.94. The van der Waals surface area contributed by atoms with E-state index >= 15 is 0 Å². The molecular formula is C10H18IN2+. The molecule has 2 nitrogen and oxygen atoms in total. The van der Waals surface area contributed by atoms with E-state index in [-0.39, 0.29) is 0 Å². The maximum atomic E-state index is 2.39. The van der Waals surface area contributed by atoms with Crippen LogP contribution < -0.4 is 4.57 Å². The third-order valence-corrected chi connectivity index (χ3v) is 3.63. The summed E-state index contributed by atoms with van der Waals surface area (Å²) in [5, 5.41) is 0. The van der Waals surface area contributed by atoms with Crippen molar-refractivity contribution in [3.63, 3.8) is 0 Å². The number of hydrogen-bond acceptors (Lipinski definition) is 0. The van der Waals surface area contributed by atoms with Crippen molar-refractivity contribution in [2.24, 2.45) is 7.05 Å². The molecule has 1 aromatic rings. The van der Waals surface area contributed by atoms with E-state index in [1.165, 1.54) is 36.1 Å². The average molecular weight is 293 g/mol. The molecule has 0 aromatic carbocycles. The molecule has 0 saturated carbocycles. The van der Waals surface area contributed by atoms with Gasteiger partial charge in [0.2, 0.25) is 0 Å². The SMILES string of the molecule is CCCCCCn1cc[n+](C)c1I. The Morgan fingerprint density at radius 3 is 2.69 bits per heavy atom. The maximum absolute atomic E-state index is 2.39. The van der Waals surface area contributed by atoms with Gasteiger partial charge in [-0.3, -0.25) is 0 Å². The van der Waals surface area contributed by atoms with Crippen LogP contribution in [0.3, 0.4) is 0 Å². The molecule has 1 rings (SSSR count). The molecule has 0 aliphatic carbocycles. The van der Waals surface area contributed by atoms with E-state index in [9.17, 15) is 0 Å². The Bertz CT molecular complexity index is 255. The quantitative estimate of drug-likeness (QED) is 0.448. The van der Waals surface area contributed by atoms with Crippen LogP contribution in [0.15, 0.2) is 12.4 Å². The van der Waals surface area contributed by atoms with Crippen LogP contribution in [0.2, 0.25) is 0 Å². The van der Waals surface area contributed by atoms with E-state index in [1.54, 1.807) is 0 Å². The van der Waals surface area contributed by atoms with Crippen LogP contribution in [0.5, 0.6) is 0 Å². The zero-order valence-corrected chi connectivity index (χ0v) is 10.6. The van der Waals surface area contributed by atoms with Gasteiger partial charge < -0.3 is 0 Å². The fourth-order valence-electron chi connectivity index (χ4n) is 1.38. The van der Waals surface area contributed by atoms with E-state index in [0.717, 1.165) is 0 Å². The lowest BCUT2D eigenvalue weighted by Gasteiger charge is -1.97. The molecule has 74 valence electrons. The first-order valence-corrected chi connectivity index (χ1v) is 6.04. The molecule has 0 saturated heterocycles. The van der Waals surface area contributed by atoms with Crippen LogP contribution >= 0.6 is 22.6 Å². The van der Waals surface area contributed by atoms with Crippen molar-refractivity contribution in [2.75, 3.05) is 0 Å². The summed E-state index contributed by atoms with van der Waals surface area (Å²) < 4.78 is 5.78. The highest BCUT2D eigenvalue weighted by molar-refractivity contribution is 14.1. The van der Waals surface area contributed by atoms with E-state index in [4.69, 9.17) is 0 Å². The number of aromatic nitrogens is 2. The number of nitrogens with zero attached hydrogens (tertiary/aromatic N) is 2. The Morgan fingerprint density at radius 1 is 1.38 bits per heavy atom. The molecule has 0 aliphatic rings. The standard InChI is InChI=1S/C10H18IN2/c1-3-4-5-6-7-13-9-8-12(2)10(13)11/h8-9H,3-7H2,1-2H3/q+1. The molecule has 0 bridgehead atoms. The Labute approximate surface area is 94.1 Å². The van der Waals surface area contributed by atoms with Gasteiger partial charge in [0.1, 0.15) is 12.4 Å². The second-order valence-electron chi connectivity index (χ2n) is 3.43. The number of imidazole rings is 1. The van der Waals surface area contributed by atoms with Gasteiger partial charge in [-0.25, -0.2) is 9.13 Å². The largest absolute Gasteiger partial charge is 0.317 e. The zero-order chi connectivity index (χ0) is 9.68. The molecule has 0 fully saturated rings. The van der Waals surface area contributed by atoms with Gasteiger partial charge >= 0.3 is 3.83 Å². The monoisotopic (exact) mass is 293 g/mol. The third-order valence-electron chi connectivity index (χ3n) is 2.25. The van der Waals surface area contributed by atoms with Crippen molar-refractivity contribution in [3.8, 4) is 0 Å². The lowest BCUT2D eigenvalue weighted by atomic mass is 10.2.